The first kappa shape index (κ1) is 15.1. The Morgan fingerprint density at radius 3 is 2.71 bits per heavy atom. The van der Waals surface area contributed by atoms with E-state index in [2.05, 4.69) is 58.4 Å². The van der Waals surface area contributed by atoms with Gasteiger partial charge in [-0.3, -0.25) is 0 Å². The molecule has 2 atom stereocenters. The number of benzene rings is 2. The van der Waals surface area contributed by atoms with Crippen LogP contribution in [0.1, 0.15) is 23.5 Å². The number of fused-ring (bicyclic) bond motifs is 1. The minimum absolute atomic E-state index is 0.255. The van der Waals surface area contributed by atoms with E-state index >= 15 is 0 Å². The van der Waals surface area contributed by atoms with Crippen molar-refractivity contribution in [3.05, 3.63) is 64.1 Å². The second-order valence-electron chi connectivity index (χ2n) is 5.63. The van der Waals surface area contributed by atoms with E-state index < -0.39 is 0 Å². The minimum Gasteiger partial charge on any atom is -0.396 e. The molecular formula is C18H19BrOS. The summed E-state index contributed by atoms with van der Waals surface area (Å²) in [6, 6.07) is 17.0. The van der Waals surface area contributed by atoms with Crippen LogP contribution in [0.3, 0.4) is 0 Å². The first-order chi connectivity index (χ1) is 10.3. The lowest BCUT2D eigenvalue weighted by molar-refractivity contribution is 0.212. The van der Waals surface area contributed by atoms with E-state index in [4.69, 9.17) is 0 Å². The maximum atomic E-state index is 9.76. The average molecular weight is 363 g/mol. The molecule has 0 aromatic heterocycles. The molecule has 1 aliphatic heterocycles. The van der Waals surface area contributed by atoms with Crippen LogP contribution in [0.25, 0.3) is 0 Å². The number of aliphatic hydroxyl groups excluding tert-OH is 1. The maximum Gasteiger partial charge on any atom is 0.0462 e. The van der Waals surface area contributed by atoms with Crippen LogP contribution in [0, 0.1) is 5.92 Å². The van der Waals surface area contributed by atoms with Crippen molar-refractivity contribution in [2.75, 3.05) is 12.4 Å². The number of hydrogen-bond donors (Lipinski definition) is 1. The minimum atomic E-state index is 0.255. The lowest BCUT2D eigenvalue weighted by Crippen LogP contribution is -2.14. The van der Waals surface area contributed by atoms with E-state index in [1.54, 1.807) is 0 Å². The van der Waals surface area contributed by atoms with Crippen molar-refractivity contribution in [1.29, 1.82) is 0 Å². The molecule has 1 heterocycles. The molecule has 0 saturated heterocycles. The van der Waals surface area contributed by atoms with Gasteiger partial charge in [0.1, 0.15) is 0 Å². The highest BCUT2D eigenvalue weighted by molar-refractivity contribution is 9.10. The molecule has 0 radical (unpaired) electrons. The van der Waals surface area contributed by atoms with Gasteiger partial charge in [-0.05, 0) is 47.9 Å². The highest BCUT2D eigenvalue weighted by atomic mass is 79.9. The molecule has 2 aromatic carbocycles. The number of hydrogen-bond acceptors (Lipinski definition) is 2. The average Bonchev–Trinajstić information content (AvgIpc) is 2.92. The van der Waals surface area contributed by atoms with Crippen molar-refractivity contribution < 1.29 is 5.11 Å². The molecule has 21 heavy (non-hydrogen) atoms. The van der Waals surface area contributed by atoms with Crippen LogP contribution in [0.5, 0.6) is 0 Å². The lowest BCUT2D eigenvalue weighted by atomic mass is 9.87. The molecule has 110 valence electrons. The summed E-state index contributed by atoms with van der Waals surface area (Å²) in [5, 5.41) is 9.76. The quantitative estimate of drug-likeness (QED) is 0.817. The third kappa shape index (κ3) is 3.53. The number of aliphatic hydroxyl groups is 1. The van der Waals surface area contributed by atoms with Gasteiger partial charge in [-0.1, -0.05) is 52.3 Å². The molecular weight excluding hydrogens is 344 g/mol. The summed E-state index contributed by atoms with van der Waals surface area (Å²) in [5.41, 5.74) is 2.75. The van der Waals surface area contributed by atoms with Gasteiger partial charge in [-0.25, -0.2) is 0 Å². The summed E-state index contributed by atoms with van der Waals surface area (Å²) < 4.78 is 1.14. The van der Waals surface area contributed by atoms with Gasteiger partial charge < -0.3 is 5.11 Å². The standard InChI is InChI=1S/C18H19BrOS/c19-17-7-3-1-5-14(17)9-13(11-20)10-15-12-21-18-8-4-2-6-16(15)18/h1-8,13,15,20H,9-12H2. The van der Waals surface area contributed by atoms with Crippen molar-refractivity contribution in [3.8, 4) is 0 Å². The van der Waals surface area contributed by atoms with Gasteiger partial charge >= 0.3 is 0 Å². The van der Waals surface area contributed by atoms with Crippen LogP contribution < -0.4 is 0 Å². The highest BCUT2D eigenvalue weighted by Crippen LogP contribution is 2.42. The third-order valence-corrected chi connectivity index (χ3v) is 6.17. The lowest BCUT2D eigenvalue weighted by Gasteiger charge is -2.19. The summed E-state index contributed by atoms with van der Waals surface area (Å²) >= 11 is 5.55. The topological polar surface area (TPSA) is 20.2 Å². The Morgan fingerprint density at radius 2 is 1.90 bits per heavy atom. The second-order valence-corrected chi connectivity index (χ2v) is 7.54. The molecule has 0 aliphatic carbocycles. The number of halogens is 1. The van der Waals surface area contributed by atoms with Gasteiger partial charge in [0.15, 0.2) is 0 Å². The molecule has 0 saturated carbocycles. The molecule has 0 amide bonds. The molecule has 0 spiro atoms. The normalized spacial score (nSPS) is 18.5. The van der Waals surface area contributed by atoms with E-state index in [9.17, 15) is 5.11 Å². The molecule has 0 bridgehead atoms. The molecule has 2 unspecified atom stereocenters. The zero-order valence-corrected chi connectivity index (χ0v) is 14.2. The maximum absolute atomic E-state index is 9.76. The van der Waals surface area contributed by atoms with Gasteiger partial charge in [0.05, 0.1) is 0 Å². The molecule has 1 N–H and O–H groups in total. The molecule has 1 nitrogen and oxygen atoms in total. The Bertz CT molecular complexity index is 614. The van der Waals surface area contributed by atoms with Crippen LogP contribution in [0.15, 0.2) is 57.9 Å². The summed E-state index contributed by atoms with van der Waals surface area (Å²) in [6.07, 6.45) is 1.99. The van der Waals surface area contributed by atoms with Crippen LogP contribution in [-0.4, -0.2) is 17.5 Å². The zero-order valence-electron chi connectivity index (χ0n) is 11.8. The summed E-state index contributed by atoms with van der Waals surface area (Å²) in [4.78, 5) is 1.42. The van der Waals surface area contributed by atoms with Crippen molar-refractivity contribution in [3.63, 3.8) is 0 Å². The predicted octanol–water partition coefficient (Wildman–Crippen LogP) is 4.88. The van der Waals surface area contributed by atoms with E-state index in [0.29, 0.717) is 11.8 Å². The second kappa shape index (κ2) is 6.99. The Kier molecular flexibility index (Phi) is 5.04. The fourth-order valence-electron chi connectivity index (χ4n) is 3.02. The first-order valence-electron chi connectivity index (χ1n) is 7.34. The van der Waals surface area contributed by atoms with Crippen molar-refractivity contribution in [2.45, 2.75) is 23.7 Å². The van der Waals surface area contributed by atoms with E-state index in [1.165, 1.54) is 16.0 Å². The van der Waals surface area contributed by atoms with Gasteiger partial charge in [-0.2, -0.15) is 0 Å². The SMILES string of the molecule is OCC(Cc1ccccc1Br)CC1CSc2ccccc21. The Morgan fingerprint density at radius 1 is 1.14 bits per heavy atom. The van der Waals surface area contributed by atoms with Gasteiger partial charge in [0.25, 0.3) is 0 Å². The smallest absolute Gasteiger partial charge is 0.0462 e. The van der Waals surface area contributed by atoms with E-state index in [0.717, 1.165) is 23.1 Å². The van der Waals surface area contributed by atoms with Crippen LogP contribution in [0.2, 0.25) is 0 Å². The molecule has 2 aromatic rings. The van der Waals surface area contributed by atoms with Crippen molar-refractivity contribution >= 4 is 27.7 Å². The van der Waals surface area contributed by atoms with Crippen LogP contribution >= 0.6 is 27.7 Å². The van der Waals surface area contributed by atoms with Crippen LogP contribution in [-0.2, 0) is 6.42 Å². The monoisotopic (exact) mass is 362 g/mol. The summed E-state index contributed by atoms with van der Waals surface area (Å²) in [7, 11) is 0. The van der Waals surface area contributed by atoms with Crippen LogP contribution in [0.4, 0.5) is 0 Å². The Balaban J connectivity index is 1.70. The highest BCUT2D eigenvalue weighted by Gasteiger charge is 2.25. The molecule has 3 heteroatoms. The Hall–Kier alpha value is -0.770. The summed E-state index contributed by atoms with van der Waals surface area (Å²) in [5.74, 6) is 2.04. The van der Waals surface area contributed by atoms with Crippen molar-refractivity contribution in [2.24, 2.45) is 5.92 Å². The van der Waals surface area contributed by atoms with Gasteiger partial charge in [0.2, 0.25) is 0 Å². The number of thioether (sulfide) groups is 1. The van der Waals surface area contributed by atoms with E-state index in [-0.39, 0.29) is 6.61 Å². The summed E-state index contributed by atoms with van der Waals surface area (Å²) in [6.45, 7) is 0.255. The molecule has 3 rings (SSSR count). The molecule has 1 aliphatic rings. The molecule has 0 fully saturated rings. The third-order valence-electron chi connectivity index (χ3n) is 4.14. The number of rotatable bonds is 5. The zero-order chi connectivity index (χ0) is 14.7. The first-order valence-corrected chi connectivity index (χ1v) is 9.11. The fourth-order valence-corrected chi connectivity index (χ4v) is 4.74. The van der Waals surface area contributed by atoms with Gasteiger partial charge in [-0.15, -0.1) is 11.8 Å². The Labute approximate surface area is 138 Å². The fraction of sp³-hybridized carbons (Fsp3) is 0.333. The van der Waals surface area contributed by atoms with E-state index in [1.807, 2.05) is 17.8 Å². The van der Waals surface area contributed by atoms with Crippen molar-refractivity contribution in [1.82, 2.24) is 0 Å². The predicted molar refractivity (Wildman–Crippen MR) is 92.9 cm³/mol. The van der Waals surface area contributed by atoms with Gasteiger partial charge in [0, 0.05) is 21.7 Å². The largest absolute Gasteiger partial charge is 0.396 e.